The lowest BCUT2D eigenvalue weighted by atomic mass is 10.4. The van der Waals surface area contributed by atoms with Gasteiger partial charge in [-0.05, 0) is 6.92 Å². The number of amides is 2. The first-order valence-electron chi connectivity index (χ1n) is 4.54. The largest absolute Gasteiger partial charge is 0.443 e. The van der Waals surface area contributed by atoms with Crippen molar-refractivity contribution in [3.8, 4) is 0 Å². The van der Waals surface area contributed by atoms with Crippen LogP contribution in [0.25, 0.3) is 0 Å². The molecule has 0 bridgehead atoms. The van der Waals surface area contributed by atoms with Crippen LogP contribution in [0.2, 0.25) is 0 Å². The van der Waals surface area contributed by atoms with Gasteiger partial charge in [0.15, 0.2) is 0 Å². The molecule has 1 heterocycles. The summed E-state index contributed by atoms with van der Waals surface area (Å²) in [5, 5.41) is 0.0456. The Morgan fingerprint density at radius 3 is 2.28 bits per heavy atom. The van der Waals surface area contributed by atoms with Gasteiger partial charge in [-0.3, -0.25) is 9.59 Å². The number of esters is 1. The van der Waals surface area contributed by atoms with Crippen molar-refractivity contribution in [1.82, 2.24) is 5.06 Å². The van der Waals surface area contributed by atoms with E-state index >= 15 is 0 Å². The molecule has 0 saturated heterocycles. The van der Waals surface area contributed by atoms with Gasteiger partial charge < -0.3 is 4.74 Å². The van der Waals surface area contributed by atoms with Crippen LogP contribution in [0.4, 0.5) is 0 Å². The highest BCUT2D eigenvalue weighted by Crippen LogP contribution is 2.09. The van der Waals surface area contributed by atoms with Crippen LogP contribution in [0.1, 0.15) is 6.92 Å². The maximum absolute atomic E-state index is 11.3. The number of ether oxygens (including phenoxy) is 1. The molecule has 18 heavy (non-hydrogen) atoms. The number of hydrogen-bond donors (Lipinski definition) is 0. The van der Waals surface area contributed by atoms with Crippen molar-refractivity contribution in [1.29, 1.82) is 0 Å². The molecule has 0 atom stereocenters. The van der Waals surface area contributed by atoms with Gasteiger partial charge in [-0.15, -0.1) is 9.35 Å². The first-order chi connectivity index (χ1) is 8.23. The Balaban J connectivity index is 2.61. The van der Waals surface area contributed by atoms with E-state index in [4.69, 9.17) is 0 Å². The van der Waals surface area contributed by atoms with Crippen LogP contribution >= 0.6 is 0 Å². The van der Waals surface area contributed by atoms with Gasteiger partial charge in [-0.25, -0.2) is 4.79 Å². The summed E-state index contributed by atoms with van der Waals surface area (Å²) in [6.45, 7) is 4.57. The second kappa shape index (κ2) is 5.10. The third-order valence-electron chi connectivity index (χ3n) is 1.64. The van der Waals surface area contributed by atoms with Crippen molar-refractivity contribution < 1.29 is 31.8 Å². The van der Waals surface area contributed by atoms with E-state index in [1.807, 2.05) is 0 Å². The van der Waals surface area contributed by atoms with Crippen LogP contribution in [0.15, 0.2) is 24.3 Å². The standard InChI is InChI=1S/C9H9NO7S/c1-6(2)9(13)16-5-18(14,15)17-10-7(11)3-4-8(10)12/h3-4H,1,5H2,2H3. The number of carbonyl (C=O) groups is 3. The molecule has 0 N–H and O–H groups in total. The molecule has 1 aliphatic rings. The fourth-order valence-corrected chi connectivity index (χ4v) is 1.51. The number of nitrogens with zero attached hydrogens (tertiary/aromatic N) is 1. The minimum Gasteiger partial charge on any atom is -0.443 e. The zero-order valence-corrected chi connectivity index (χ0v) is 10.1. The van der Waals surface area contributed by atoms with Crippen molar-refractivity contribution in [2.24, 2.45) is 0 Å². The van der Waals surface area contributed by atoms with Crippen molar-refractivity contribution >= 4 is 27.9 Å². The molecule has 0 saturated carbocycles. The lowest BCUT2D eigenvalue weighted by molar-refractivity contribution is -0.162. The highest BCUT2D eigenvalue weighted by atomic mass is 32.2. The molecular formula is C9H9NO7S. The van der Waals surface area contributed by atoms with Gasteiger partial charge in [0.05, 0.1) is 0 Å². The van der Waals surface area contributed by atoms with Crippen molar-refractivity contribution in [2.45, 2.75) is 6.92 Å². The molecule has 2 amide bonds. The Hall–Kier alpha value is -2.00. The van der Waals surface area contributed by atoms with Crippen LogP contribution in [-0.4, -0.2) is 37.2 Å². The van der Waals surface area contributed by atoms with Gasteiger partial charge in [0.2, 0.25) is 5.94 Å². The molecule has 0 aromatic heterocycles. The first-order valence-corrected chi connectivity index (χ1v) is 6.12. The van der Waals surface area contributed by atoms with Crippen molar-refractivity contribution in [2.75, 3.05) is 5.94 Å². The third-order valence-corrected chi connectivity index (χ3v) is 2.42. The van der Waals surface area contributed by atoms with Crippen LogP contribution in [0.5, 0.6) is 0 Å². The molecule has 0 fully saturated rings. The van der Waals surface area contributed by atoms with Gasteiger partial charge in [0, 0.05) is 17.7 Å². The lowest BCUT2D eigenvalue weighted by Crippen LogP contribution is -2.34. The molecule has 0 radical (unpaired) electrons. The summed E-state index contributed by atoms with van der Waals surface area (Å²) in [6, 6.07) is 0. The zero-order valence-electron chi connectivity index (χ0n) is 9.28. The molecule has 0 aromatic carbocycles. The fraction of sp³-hybridized carbons (Fsp3) is 0.222. The van der Waals surface area contributed by atoms with E-state index < -0.39 is 33.8 Å². The SMILES string of the molecule is C=C(C)C(=O)OCS(=O)(=O)ON1C(=O)C=CC1=O. The van der Waals surface area contributed by atoms with Crippen LogP contribution < -0.4 is 0 Å². The highest BCUT2D eigenvalue weighted by Gasteiger charge is 2.31. The van der Waals surface area contributed by atoms with Gasteiger partial charge >= 0.3 is 16.1 Å². The molecule has 9 heteroatoms. The Labute approximate surface area is 103 Å². The molecule has 98 valence electrons. The van der Waals surface area contributed by atoms with Crippen LogP contribution in [0.3, 0.4) is 0 Å². The number of imide groups is 1. The summed E-state index contributed by atoms with van der Waals surface area (Å²) in [6.07, 6.45) is 1.69. The second-order valence-electron chi connectivity index (χ2n) is 3.27. The minimum atomic E-state index is -4.40. The van der Waals surface area contributed by atoms with Crippen LogP contribution in [-0.2, 0) is 33.5 Å². The topological polar surface area (TPSA) is 107 Å². The molecule has 1 aliphatic heterocycles. The highest BCUT2D eigenvalue weighted by molar-refractivity contribution is 7.86. The molecule has 0 aliphatic carbocycles. The summed E-state index contributed by atoms with van der Waals surface area (Å²) in [7, 11) is -4.40. The monoisotopic (exact) mass is 275 g/mol. The van der Waals surface area contributed by atoms with E-state index in [0.29, 0.717) is 0 Å². The predicted octanol–water partition coefficient (Wildman–Crippen LogP) is -0.750. The van der Waals surface area contributed by atoms with E-state index in [0.717, 1.165) is 12.2 Å². The van der Waals surface area contributed by atoms with E-state index in [1.165, 1.54) is 6.92 Å². The summed E-state index contributed by atoms with van der Waals surface area (Å²) in [4.78, 5) is 33.0. The number of carbonyl (C=O) groups excluding carboxylic acids is 3. The smallest absolute Gasteiger partial charge is 0.334 e. The summed E-state index contributed by atoms with van der Waals surface area (Å²) < 4.78 is 31.1. The predicted molar refractivity (Wildman–Crippen MR) is 56.8 cm³/mol. The van der Waals surface area contributed by atoms with Gasteiger partial charge in [-0.1, -0.05) is 6.58 Å². The Morgan fingerprint density at radius 2 is 1.83 bits per heavy atom. The second-order valence-corrected chi connectivity index (χ2v) is 4.77. The third kappa shape index (κ3) is 3.50. The van der Waals surface area contributed by atoms with Crippen molar-refractivity contribution in [3.05, 3.63) is 24.3 Å². The van der Waals surface area contributed by atoms with E-state index in [2.05, 4.69) is 15.6 Å². The Bertz CT molecular complexity index is 527. The zero-order chi connectivity index (χ0) is 13.9. The quantitative estimate of drug-likeness (QED) is 0.369. The lowest BCUT2D eigenvalue weighted by Gasteiger charge is -2.12. The molecule has 0 spiro atoms. The Morgan fingerprint density at radius 1 is 1.33 bits per heavy atom. The number of hydrogen-bond acceptors (Lipinski definition) is 7. The fourth-order valence-electron chi connectivity index (χ4n) is 0.844. The Kier molecular flexibility index (Phi) is 3.99. The van der Waals surface area contributed by atoms with E-state index in [9.17, 15) is 22.8 Å². The first kappa shape index (κ1) is 14.1. The van der Waals surface area contributed by atoms with Gasteiger partial charge in [0.1, 0.15) is 0 Å². The normalized spacial score (nSPS) is 15.1. The number of rotatable bonds is 5. The summed E-state index contributed by atoms with van der Waals surface area (Å²) in [5.74, 6) is -3.93. The molecular weight excluding hydrogens is 266 g/mol. The van der Waals surface area contributed by atoms with Gasteiger partial charge in [0.25, 0.3) is 11.8 Å². The van der Waals surface area contributed by atoms with E-state index in [-0.39, 0.29) is 10.6 Å². The molecule has 1 rings (SSSR count). The van der Waals surface area contributed by atoms with E-state index in [1.54, 1.807) is 0 Å². The molecule has 0 unspecified atom stereocenters. The maximum Gasteiger partial charge on any atom is 0.334 e. The van der Waals surface area contributed by atoms with Crippen LogP contribution in [0, 0.1) is 0 Å². The molecule has 0 aromatic rings. The summed E-state index contributed by atoms with van der Waals surface area (Å²) >= 11 is 0. The average Bonchev–Trinajstić information content (AvgIpc) is 2.57. The summed E-state index contributed by atoms with van der Waals surface area (Å²) in [5.41, 5.74) is 0.000178. The number of hydroxylamine groups is 2. The minimum absolute atomic E-state index is 0.000178. The average molecular weight is 275 g/mol. The maximum atomic E-state index is 11.3. The van der Waals surface area contributed by atoms with Gasteiger partial charge in [-0.2, -0.15) is 8.42 Å². The molecule has 8 nitrogen and oxygen atoms in total. The van der Waals surface area contributed by atoms with Crippen molar-refractivity contribution in [3.63, 3.8) is 0 Å².